The molecule has 0 aromatic rings. The highest BCUT2D eigenvalue weighted by Gasteiger charge is 2.18. The summed E-state index contributed by atoms with van der Waals surface area (Å²) in [6, 6.07) is 0. The summed E-state index contributed by atoms with van der Waals surface area (Å²) in [5.74, 6) is 0.0738. The molecule has 0 aromatic carbocycles. The van der Waals surface area contributed by atoms with Crippen molar-refractivity contribution < 1.29 is 17.4 Å². The molecule has 0 radical (unpaired) electrons. The third-order valence-electron chi connectivity index (χ3n) is 1.64. The minimum Gasteiger partial charge on any atom is -0.379 e. The zero-order chi connectivity index (χ0) is 9.73. The third-order valence-corrected chi connectivity index (χ3v) is 2.99. The molecule has 13 heavy (non-hydrogen) atoms. The van der Waals surface area contributed by atoms with Gasteiger partial charge in [-0.2, -0.15) is 17.8 Å². The van der Waals surface area contributed by atoms with Crippen molar-refractivity contribution >= 4 is 10.1 Å². The minimum absolute atomic E-state index is 0.0738. The van der Waals surface area contributed by atoms with Gasteiger partial charge < -0.3 is 4.74 Å². The van der Waals surface area contributed by atoms with E-state index in [1.54, 1.807) is 6.92 Å². The predicted molar refractivity (Wildman–Crippen MR) is 47.6 cm³/mol. The molecule has 1 aliphatic rings. The van der Waals surface area contributed by atoms with Crippen LogP contribution in [0.3, 0.4) is 0 Å². The van der Waals surface area contributed by atoms with E-state index in [9.17, 15) is 8.42 Å². The van der Waals surface area contributed by atoms with Crippen LogP contribution in [-0.2, 0) is 19.1 Å². The van der Waals surface area contributed by atoms with Gasteiger partial charge in [0.2, 0.25) is 0 Å². The monoisotopic (exact) mass is 209 g/mol. The van der Waals surface area contributed by atoms with Gasteiger partial charge in [-0.25, -0.2) is 0 Å². The van der Waals surface area contributed by atoms with Crippen molar-refractivity contribution in [3.8, 4) is 0 Å². The van der Waals surface area contributed by atoms with E-state index in [4.69, 9.17) is 9.02 Å². The average Bonchev–Trinajstić information content (AvgIpc) is 2.04. The summed E-state index contributed by atoms with van der Waals surface area (Å²) in [6.45, 7) is 3.90. The van der Waals surface area contributed by atoms with E-state index in [0.717, 1.165) is 0 Å². The molecule has 0 aliphatic carbocycles. The molecule has 1 aliphatic heterocycles. The number of ether oxygens (including phenoxy) is 1. The lowest BCUT2D eigenvalue weighted by molar-refractivity contribution is -0.113. The molecular weight excluding hydrogens is 194 g/mol. The zero-order valence-electron chi connectivity index (χ0n) is 7.73. The van der Waals surface area contributed by atoms with Crippen molar-refractivity contribution in [2.24, 2.45) is 0 Å². The summed E-state index contributed by atoms with van der Waals surface area (Å²) in [4.78, 5) is 0. The highest BCUT2D eigenvalue weighted by molar-refractivity contribution is 7.86. The van der Waals surface area contributed by atoms with Crippen molar-refractivity contribution in [3.63, 3.8) is 0 Å². The van der Waals surface area contributed by atoms with Crippen LogP contribution < -0.4 is 0 Å². The smallest absolute Gasteiger partial charge is 0.283 e. The van der Waals surface area contributed by atoms with Crippen molar-refractivity contribution in [2.75, 3.05) is 32.1 Å². The Labute approximate surface area is 78.7 Å². The maximum Gasteiger partial charge on any atom is 0.283 e. The van der Waals surface area contributed by atoms with Gasteiger partial charge >= 0.3 is 0 Å². The highest BCUT2D eigenvalue weighted by Crippen LogP contribution is 2.04. The van der Waals surface area contributed by atoms with E-state index in [2.05, 4.69) is 0 Å². The normalized spacial score (nSPS) is 20.4. The van der Waals surface area contributed by atoms with Crippen LogP contribution in [-0.4, -0.2) is 45.5 Å². The lowest BCUT2D eigenvalue weighted by Gasteiger charge is -2.24. The fraction of sp³-hybridized carbons (Fsp3) is 1.00. The molecular formula is C7H15NO4S. The number of nitrogens with zero attached hydrogens (tertiary/aromatic N) is 1. The Morgan fingerprint density at radius 1 is 1.38 bits per heavy atom. The van der Waals surface area contributed by atoms with Crippen molar-refractivity contribution in [1.29, 1.82) is 0 Å². The van der Waals surface area contributed by atoms with Crippen LogP contribution >= 0.6 is 0 Å². The summed E-state index contributed by atoms with van der Waals surface area (Å²) < 4.78 is 32.3. The van der Waals surface area contributed by atoms with E-state index < -0.39 is 10.1 Å². The quantitative estimate of drug-likeness (QED) is 0.652. The Bertz CT molecular complexity index is 233. The second kappa shape index (κ2) is 4.90. The van der Waals surface area contributed by atoms with Crippen molar-refractivity contribution in [3.05, 3.63) is 0 Å². The van der Waals surface area contributed by atoms with Gasteiger partial charge in [0.15, 0.2) is 0 Å². The number of morpholine rings is 1. The molecule has 1 saturated heterocycles. The molecule has 0 unspecified atom stereocenters. The Morgan fingerprint density at radius 2 is 2.00 bits per heavy atom. The molecule has 6 heteroatoms. The number of hydrogen-bond acceptors (Lipinski definition) is 5. The largest absolute Gasteiger partial charge is 0.379 e. The van der Waals surface area contributed by atoms with Gasteiger partial charge in [-0.1, -0.05) is 6.92 Å². The molecule has 0 amide bonds. The first-order valence-corrected chi connectivity index (χ1v) is 5.97. The first kappa shape index (κ1) is 10.9. The summed E-state index contributed by atoms with van der Waals surface area (Å²) in [6.07, 6.45) is 0.576. The van der Waals surface area contributed by atoms with E-state index in [1.165, 1.54) is 5.06 Å². The number of hydrogen-bond donors (Lipinski definition) is 0. The van der Waals surface area contributed by atoms with Gasteiger partial charge in [-0.3, -0.25) is 0 Å². The summed E-state index contributed by atoms with van der Waals surface area (Å²) >= 11 is 0. The van der Waals surface area contributed by atoms with Crippen LogP contribution in [0.5, 0.6) is 0 Å². The lowest BCUT2D eigenvalue weighted by atomic mass is 10.5. The SMILES string of the molecule is CCCS(=O)(=O)ON1CCOCC1. The number of hydroxylamine groups is 2. The van der Waals surface area contributed by atoms with Gasteiger partial charge in [0.05, 0.1) is 19.0 Å². The molecule has 0 N–H and O–H groups in total. The van der Waals surface area contributed by atoms with Crippen LogP contribution in [0.1, 0.15) is 13.3 Å². The highest BCUT2D eigenvalue weighted by atomic mass is 32.2. The Hall–Kier alpha value is -0.170. The van der Waals surface area contributed by atoms with Crippen LogP contribution in [0.2, 0.25) is 0 Å². The fourth-order valence-corrected chi connectivity index (χ4v) is 2.11. The van der Waals surface area contributed by atoms with Gasteiger partial charge in [0.25, 0.3) is 10.1 Å². The minimum atomic E-state index is -3.36. The lowest BCUT2D eigenvalue weighted by Crippen LogP contribution is -2.38. The molecule has 1 fully saturated rings. The van der Waals surface area contributed by atoms with Crippen LogP contribution in [0.15, 0.2) is 0 Å². The summed E-state index contributed by atoms with van der Waals surface area (Å²) in [5.41, 5.74) is 0. The molecule has 0 saturated carbocycles. The Kier molecular flexibility index (Phi) is 4.11. The first-order valence-electron chi connectivity index (χ1n) is 4.39. The fourth-order valence-electron chi connectivity index (χ4n) is 1.07. The van der Waals surface area contributed by atoms with Gasteiger partial charge in [-0.05, 0) is 6.42 Å². The number of rotatable bonds is 4. The molecule has 5 nitrogen and oxygen atoms in total. The van der Waals surface area contributed by atoms with E-state index in [1.807, 2.05) is 0 Å². The molecule has 0 bridgehead atoms. The first-order chi connectivity index (χ1) is 6.14. The predicted octanol–water partition coefficient (Wildman–Crippen LogP) is -0.0100. The van der Waals surface area contributed by atoms with Crippen LogP contribution in [0.4, 0.5) is 0 Å². The summed E-state index contributed by atoms with van der Waals surface area (Å²) in [5, 5.41) is 1.44. The van der Waals surface area contributed by atoms with Crippen molar-refractivity contribution in [1.82, 2.24) is 5.06 Å². The topological polar surface area (TPSA) is 55.8 Å². The Balaban J connectivity index is 2.37. The van der Waals surface area contributed by atoms with E-state index >= 15 is 0 Å². The second-order valence-corrected chi connectivity index (χ2v) is 4.55. The van der Waals surface area contributed by atoms with Crippen LogP contribution in [0, 0.1) is 0 Å². The van der Waals surface area contributed by atoms with Crippen molar-refractivity contribution in [2.45, 2.75) is 13.3 Å². The van der Waals surface area contributed by atoms with Gasteiger partial charge in [0, 0.05) is 13.1 Å². The molecule has 78 valence electrons. The molecule has 1 rings (SSSR count). The zero-order valence-corrected chi connectivity index (χ0v) is 8.55. The molecule has 1 heterocycles. The van der Waals surface area contributed by atoms with Crippen LogP contribution in [0.25, 0.3) is 0 Å². The van der Waals surface area contributed by atoms with Gasteiger partial charge in [-0.15, -0.1) is 0 Å². The van der Waals surface area contributed by atoms with E-state index in [-0.39, 0.29) is 5.75 Å². The molecule has 0 spiro atoms. The Morgan fingerprint density at radius 3 is 2.54 bits per heavy atom. The molecule has 0 aromatic heterocycles. The molecule has 0 atom stereocenters. The average molecular weight is 209 g/mol. The standard InChI is InChI=1S/C7H15NO4S/c1-2-7-13(9,10)12-8-3-5-11-6-4-8/h2-7H2,1H3. The maximum atomic E-state index is 11.2. The second-order valence-electron chi connectivity index (χ2n) is 2.88. The third kappa shape index (κ3) is 4.04. The maximum absolute atomic E-state index is 11.2. The summed E-state index contributed by atoms with van der Waals surface area (Å²) in [7, 11) is -3.36. The van der Waals surface area contributed by atoms with E-state index in [0.29, 0.717) is 32.7 Å². The van der Waals surface area contributed by atoms with Gasteiger partial charge in [0.1, 0.15) is 0 Å².